The minimum Gasteiger partial charge on any atom is -0.423 e. The second-order valence-electron chi connectivity index (χ2n) is 6.67. The monoisotopic (exact) mass is 261 g/mol. The van der Waals surface area contributed by atoms with Crippen molar-refractivity contribution in [2.75, 3.05) is 6.54 Å². The molecule has 3 fully saturated rings. The lowest BCUT2D eigenvalue weighted by molar-refractivity contribution is 0.375. The fourth-order valence-electron chi connectivity index (χ4n) is 4.66. The van der Waals surface area contributed by atoms with Crippen LogP contribution in [0.3, 0.4) is 0 Å². The first-order valence-electron chi connectivity index (χ1n) is 7.86. The molecule has 1 aromatic rings. The smallest absolute Gasteiger partial charge is 0.233 e. The topological polar surface area (TPSA) is 51.0 Å². The predicted molar refractivity (Wildman–Crippen MR) is 71.6 cm³/mol. The highest BCUT2D eigenvalue weighted by atomic mass is 16.4. The van der Waals surface area contributed by atoms with Crippen LogP contribution < -0.4 is 5.32 Å². The Morgan fingerprint density at radius 1 is 1.26 bits per heavy atom. The van der Waals surface area contributed by atoms with E-state index in [0.29, 0.717) is 5.92 Å². The van der Waals surface area contributed by atoms with E-state index in [9.17, 15) is 0 Å². The molecule has 0 aromatic carbocycles. The molecule has 0 radical (unpaired) electrons. The van der Waals surface area contributed by atoms with Gasteiger partial charge in [0.2, 0.25) is 11.8 Å². The molecule has 0 aliphatic heterocycles. The molecule has 3 aliphatic carbocycles. The SMILES string of the molecule is CCCNC(C)c1nnc(C2C3C4CCC(C4)C23)o1. The van der Waals surface area contributed by atoms with E-state index >= 15 is 0 Å². The van der Waals surface area contributed by atoms with Gasteiger partial charge in [-0.05, 0) is 62.8 Å². The molecule has 104 valence electrons. The van der Waals surface area contributed by atoms with Gasteiger partial charge in [0.15, 0.2) is 0 Å². The van der Waals surface area contributed by atoms with E-state index in [0.717, 1.165) is 48.4 Å². The molecule has 19 heavy (non-hydrogen) atoms. The van der Waals surface area contributed by atoms with Crippen LogP contribution in [0.25, 0.3) is 0 Å². The Balaban J connectivity index is 1.45. The van der Waals surface area contributed by atoms with Crippen LogP contribution in [0.4, 0.5) is 0 Å². The first-order valence-corrected chi connectivity index (χ1v) is 7.86. The fourth-order valence-corrected chi connectivity index (χ4v) is 4.66. The van der Waals surface area contributed by atoms with E-state index in [1.165, 1.54) is 19.3 Å². The zero-order valence-corrected chi connectivity index (χ0v) is 11.8. The summed E-state index contributed by atoms with van der Waals surface area (Å²) < 4.78 is 5.94. The average Bonchev–Trinajstić information content (AvgIpc) is 2.85. The highest BCUT2D eigenvalue weighted by Gasteiger charge is 2.67. The van der Waals surface area contributed by atoms with Crippen LogP contribution in [0, 0.1) is 23.7 Å². The summed E-state index contributed by atoms with van der Waals surface area (Å²) in [6, 6.07) is 0.177. The van der Waals surface area contributed by atoms with E-state index in [2.05, 4.69) is 29.4 Å². The number of fused-ring (bicyclic) bond motifs is 5. The summed E-state index contributed by atoms with van der Waals surface area (Å²) in [4.78, 5) is 0. The number of nitrogens with one attached hydrogen (secondary N) is 1. The molecular formula is C15H23N3O. The normalized spacial score (nSPS) is 40.4. The summed E-state index contributed by atoms with van der Waals surface area (Å²) in [5, 5.41) is 12.0. The molecule has 4 rings (SSSR count). The molecule has 1 aromatic heterocycles. The van der Waals surface area contributed by atoms with Crippen LogP contribution in [0.2, 0.25) is 0 Å². The second kappa shape index (κ2) is 4.30. The minimum atomic E-state index is 0.177. The molecule has 0 saturated heterocycles. The van der Waals surface area contributed by atoms with Crippen LogP contribution >= 0.6 is 0 Å². The van der Waals surface area contributed by atoms with E-state index < -0.39 is 0 Å². The first kappa shape index (κ1) is 11.9. The lowest BCUT2D eigenvalue weighted by atomic mass is 10.0. The van der Waals surface area contributed by atoms with Crippen molar-refractivity contribution in [2.24, 2.45) is 23.7 Å². The Morgan fingerprint density at radius 3 is 2.68 bits per heavy atom. The molecule has 3 saturated carbocycles. The van der Waals surface area contributed by atoms with Gasteiger partial charge in [-0.2, -0.15) is 0 Å². The third-order valence-corrected chi connectivity index (χ3v) is 5.55. The molecule has 0 spiro atoms. The summed E-state index contributed by atoms with van der Waals surface area (Å²) >= 11 is 0. The quantitative estimate of drug-likeness (QED) is 0.885. The van der Waals surface area contributed by atoms with E-state index in [1.807, 2.05) is 0 Å². The molecule has 4 heteroatoms. The second-order valence-corrected chi connectivity index (χ2v) is 6.67. The Kier molecular flexibility index (Phi) is 2.69. The Labute approximate surface area is 114 Å². The van der Waals surface area contributed by atoms with Gasteiger partial charge in [0, 0.05) is 5.92 Å². The third-order valence-electron chi connectivity index (χ3n) is 5.55. The zero-order chi connectivity index (χ0) is 13.0. The van der Waals surface area contributed by atoms with Crippen molar-refractivity contribution >= 4 is 0 Å². The number of rotatable bonds is 5. The predicted octanol–water partition coefficient (Wildman–Crippen LogP) is 2.89. The molecule has 5 atom stereocenters. The van der Waals surface area contributed by atoms with Crippen LogP contribution in [0.1, 0.15) is 63.3 Å². The molecule has 1 heterocycles. The van der Waals surface area contributed by atoms with Crippen molar-refractivity contribution in [3.05, 3.63) is 11.8 Å². The van der Waals surface area contributed by atoms with E-state index in [4.69, 9.17) is 4.42 Å². The van der Waals surface area contributed by atoms with Crippen LogP contribution in [-0.4, -0.2) is 16.7 Å². The maximum absolute atomic E-state index is 5.94. The van der Waals surface area contributed by atoms with Gasteiger partial charge in [-0.3, -0.25) is 0 Å². The zero-order valence-electron chi connectivity index (χ0n) is 11.8. The van der Waals surface area contributed by atoms with Gasteiger partial charge >= 0.3 is 0 Å². The largest absolute Gasteiger partial charge is 0.423 e. The van der Waals surface area contributed by atoms with Gasteiger partial charge in [0.05, 0.1) is 6.04 Å². The summed E-state index contributed by atoms with van der Waals surface area (Å²) in [6.07, 6.45) is 5.48. The highest BCUT2D eigenvalue weighted by molar-refractivity contribution is 5.22. The van der Waals surface area contributed by atoms with Crippen molar-refractivity contribution in [3.63, 3.8) is 0 Å². The van der Waals surface area contributed by atoms with Gasteiger partial charge in [-0.1, -0.05) is 6.92 Å². The lowest BCUT2D eigenvalue weighted by Crippen LogP contribution is -2.19. The van der Waals surface area contributed by atoms with Crippen molar-refractivity contribution in [3.8, 4) is 0 Å². The maximum atomic E-state index is 5.94. The number of nitrogens with zero attached hydrogens (tertiary/aromatic N) is 2. The van der Waals surface area contributed by atoms with Crippen molar-refractivity contribution < 1.29 is 4.42 Å². The summed E-state index contributed by atoms with van der Waals surface area (Å²) in [7, 11) is 0. The molecule has 4 nitrogen and oxygen atoms in total. The Hall–Kier alpha value is -0.900. The number of hydrogen-bond acceptors (Lipinski definition) is 4. The number of aromatic nitrogens is 2. The summed E-state index contributed by atoms with van der Waals surface area (Å²) in [6.45, 7) is 5.27. The van der Waals surface area contributed by atoms with Crippen LogP contribution in [-0.2, 0) is 0 Å². The van der Waals surface area contributed by atoms with Crippen molar-refractivity contribution in [2.45, 2.75) is 51.5 Å². The van der Waals surface area contributed by atoms with Crippen molar-refractivity contribution in [1.82, 2.24) is 15.5 Å². The van der Waals surface area contributed by atoms with E-state index in [-0.39, 0.29) is 6.04 Å². The summed E-state index contributed by atoms with van der Waals surface area (Å²) in [5.74, 6) is 5.98. The molecule has 3 aliphatic rings. The highest BCUT2D eigenvalue weighted by Crippen LogP contribution is 2.72. The average molecular weight is 261 g/mol. The van der Waals surface area contributed by atoms with Crippen LogP contribution in [0.5, 0.6) is 0 Å². The molecular weight excluding hydrogens is 238 g/mol. The van der Waals surface area contributed by atoms with Gasteiger partial charge in [0.25, 0.3) is 0 Å². The minimum absolute atomic E-state index is 0.177. The molecule has 0 amide bonds. The maximum Gasteiger partial charge on any atom is 0.233 e. The lowest BCUT2D eigenvalue weighted by Gasteiger charge is -2.08. The number of hydrogen-bond donors (Lipinski definition) is 1. The van der Waals surface area contributed by atoms with Crippen molar-refractivity contribution in [1.29, 1.82) is 0 Å². The van der Waals surface area contributed by atoms with Gasteiger partial charge in [-0.25, -0.2) is 0 Å². The van der Waals surface area contributed by atoms with Crippen LogP contribution in [0.15, 0.2) is 4.42 Å². The van der Waals surface area contributed by atoms with E-state index in [1.54, 1.807) is 0 Å². The van der Waals surface area contributed by atoms with Gasteiger partial charge in [0.1, 0.15) is 0 Å². The first-order chi connectivity index (χ1) is 9.29. The Bertz CT molecular complexity index is 456. The standard InChI is InChI=1S/C15H23N3O/c1-3-6-16-8(2)14-17-18-15(19-14)13-11-9-4-5-10(7-9)12(11)13/h8-13,16H,3-7H2,1-2H3. The summed E-state index contributed by atoms with van der Waals surface area (Å²) in [5.41, 5.74) is 0. The van der Waals surface area contributed by atoms with Gasteiger partial charge < -0.3 is 9.73 Å². The fraction of sp³-hybridized carbons (Fsp3) is 0.867. The molecule has 5 unspecified atom stereocenters. The molecule has 2 bridgehead atoms. The molecule has 1 N–H and O–H groups in total. The van der Waals surface area contributed by atoms with Gasteiger partial charge in [-0.15, -0.1) is 10.2 Å². The third kappa shape index (κ3) is 1.76. The Morgan fingerprint density at radius 2 is 2.00 bits per heavy atom.